The highest BCUT2D eigenvalue weighted by atomic mass is 32.3. The molecule has 8 heteroatoms. The SMILES string of the molecule is O=C(CN1CCCN(Cc2ccccc2F)S1(O)O)NC1C2CC3CC(C2)CC1C3. The van der Waals surface area contributed by atoms with Crippen LogP contribution in [0.15, 0.2) is 24.3 Å². The minimum Gasteiger partial charge on any atom is -0.352 e. The maximum Gasteiger partial charge on any atom is 0.236 e. The van der Waals surface area contributed by atoms with E-state index >= 15 is 0 Å². The molecule has 1 aliphatic heterocycles. The summed E-state index contributed by atoms with van der Waals surface area (Å²) >= 11 is 0. The Morgan fingerprint density at radius 2 is 1.67 bits per heavy atom. The molecular formula is C22H32FN3O3S. The molecule has 4 bridgehead atoms. The van der Waals surface area contributed by atoms with Gasteiger partial charge in [-0.2, -0.15) is 8.61 Å². The topological polar surface area (TPSA) is 76.0 Å². The van der Waals surface area contributed by atoms with Gasteiger partial charge in [0.25, 0.3) is 0 Å². The van der Waals surface area contributed by atoms with Gasteiger partial charge in [0.05, 0.1) is 6.54 Å². The van der Waals surface area contributed by atoms with Crippen LogP contribution in [0.4, 0.5) is 4.39 Å². The van der Waals surface area contributed by atoms with Crippen molar-refractivity contribution >= 4 is 16.9 Å². The third kappa shape index (κ3) is 3.88. The van der Waals surface area contributed by atoms with E-state index in [9.17, 15) is 18.3 Å². The molecule has 6 rings (SSSR count). The number of rotatable bonds is 5. The fraction of sp³-hybridized carbons (Fsp3) is 0.682. The van der Waals surface area contributed by atoms with E-state index < -0.39 is 11.0 Å². The first-order valence-electron chi connectivity index (χ1n) is 11.2. The molecule has 1 aromatic carbocycles. The van der Waals surface area contributed by atoms with Gasteiger partial charge >= 0.3 is 0 Å². The van der Waals surface area contributed by atoms with Gasteiger partial charge in [-0.1, -0.05) is 29.2 Å². The Morgan fingerprint density at radius 3 is 2.33 bits per heavy atom. The van der Waals surface area contributed by atoms with E-state index in [0.29, 0.717) is 36.9 Å². The summed E-state index contributed by atoms with van der Waals surface area (Å²) in [5.74, 6) is 2.39. The van der Waals surface area contributed by atoms with Crippen LogP contribution >= 0.6 is 11.0 Å². The van der Waals surface area contributed by atoms with E-state index in [2.05, 4.69) is 5.32 Å². The van der Waals surface area contributed by atoms with Crippen molar-refractivity contribution in [3.63, 3.8) is 0 Å². The van der Waals surface area contributed by atoms with Crippen LogP contribution < -0.4 is 5.32 Å². The first kappa shape index (κ1) is 20.7. The maximum absolute atomic E-state index is 14.0. The van der Waals surface area contributed by atoms with E-state index in [0.717, 1.165) is 11.8 Å². The Balaban J connectivity index is 1.22. The summed E-state index contributed by atoms with van der Waals surface area (Å²) in [7, 11) is -3.30. The van der Waals surface area contributed by atoms with E-state index in [1.807, 2.05) is 0 Å². The highest BCUT2D eigenvalue weighted by molar-refractivity contribution is 8.20. The van der Waals surface area contributed by atoms with Crippen LogP contribution in [0, 0.1) is 29.5 Å². The highest BCUT2D eigenvalue weighted by Crippen LogP contribution is 2.54. The Labute approximate surface area is 179 Å². The van der Waals surface area contributed by atoms with Gasteiger partial charge in [0, 0.05) is 31.2 Å². The van der Waals surface area contributed by atoms with Gasteiger partial charge in [-0.05, 0) is 68.3 Å². The summed E-state index contributed by atoms with van der Waals surface area (Å²) in [6.45, 7) is 0.997. The Morgan fingerprint density at radius 1 is 1.03 bits per heavy atom. The molecule has 5 fully saturated rings. The summed E-state index contributed by atoms with van der Waals surface area (Å²) in [5.41, 5.74) is 0.428. The second-order valence-electron chi connectivity index (χ2n) is 9.69. The second kappa shape index (κ2) is 8.06. The quantitative estimate of drug-likeness (QED) is 0.652. The van der Waals surface area contributed by atoms with Crippen molar-refractivity contribution in [3.8, 4) is 0 Å². The number of hydrogen-bond donors (Lipinski definition) is 3. The zero-order valence-electron chi connectivity index (χ0n) is 17.3. The van der Waals surface area contributed by atoms with E-state index in [1.54, 1.807) is 18.2 Å². The number of halogens is 1. The molecule has 0 spiro atoms. The lowest BCUT2D eigenvalue weighted by Gasteiger charge is -2.55. The number of benzene rings is 1. The van der Waals surface area contributed by atoms with Crippen molar-refractivity contribution in [1.29, 1.82) is 0 Å². The third-order valence-electron chi connectivity index (χ3n) is 7.69. The minimum absolute atomic E-state index is 0.0289. The van der Waals surface area contributed by atoms with E-state index in [-0.39, 0.29) is 30.9 Å². The molecule has 4 aliphatic carbocycles. The van der Waals surface area contributed by atoms with Crippen LogP contribution in [0.2, 0.25) is 0 Å². The van der Waals surface area contributed by atoms with Crippen LogP contribution in [0.25, 0.3) is 0 Å². The summed E-state index contributed by atoms with van der Waals surface area (Å²) < 4.78 is 38.8. The Kier molecular flexibility index (Phi) is 5.56. The molecule has 30 heavy (non-hydrogen) atoms. The minimum atomic E-state index is -3.30. The van der Waals surface area contributed by atoms with Crippen molar-refractivity contribution in [2.75, 3.05) is 19.6 Å². The predicted octanol–water partition coefficient (Wildman–Crippen LogP) is 3.85. The second-order valence-corrected chi connectivity index (χ2v) is 11.7. The molecule has 166 valence electrons. The van der Waals surface area contributed by atoms with Gasteiger partial charge in [-0.3, -0.25) is 13.9 Å². The van der Waals surface area contributed by atoms with E-state index in [1.165, 1.54) is 46.8 Å². The van der Waals surface area contributed by atoms with Crippen LogP contribution in [-0.2, 0) is 11.3 Å². The van der Waals surface area contributed by atoms with Gasteiger partial charge in [0.1, 0.15) is 5.82 Å². The van der Waals surface area contributed by atoms with Crippen molar-refractivity contribution in [1.82, 2.24) is 13.9 Å². The average Bonchev–Trinajstić information content (AvgIpc) is 2.69. The van der Waals surface area contributed by atoms with Gasteiger partial charge in [-0.15, -0.1) is 0 Å². The normalized spacial score (nSPS) is 36.6. The number of nitrogens with one attached hydrogen (secondary N) is 1. The number of amides is 1. The van der Waals surface area contributed by atoms with Crippen LogP contribution in [0.5, 0.6) is 0 Å². The molecule has 3 N–H and O–H groups in total. The van der Waals surface area contributed by atoms with Gasteiger partial charge in [-0.25, -0.2) is 4.39 Å². The molecule has 1 saturated heterocycles. The summed E-state index contributed by atoms with van der Waals surface area (Å²) in [4.78, 5) is 12.9. The maximum atomic E-state index is 14.0. The third-order valence-corrected chi connectivity index (χ3v) is 9.70. The lowest BCUT2D eigenvalue weighted by molar-refractivity contribution is -0.125. The summed E-state index contributed by atoms with van der Waals surface area (Å²) in [6.07, 6.45) is 7.00. The van der Waals surface area contributed by atoms with Gasteiger partial charge in [0.2, 0.25) is 5.91 Å². The monoisotopic (exact) mass is 437 g/mol. The standard InChI is InChI=1S/C22H32FN3O3S/c23-20-5-2-1-4-17(20)13-25-6-3-7-26(30(25,28)29)14-21(27)24-22-18-9-15-8-16(11-18)12-19(22)10-15/h1-2,4-5,15-16,18-19,22,28-29H,3,6-14H2,(H,24,27). The summed E-state index contributed by atoms with van der Waals surface area (Å²) in [6, 6.07) is 6.63. The molecule has 0 radical (unpaired) electrons. The lowest BCUT2D eigenvalue weighted by Crippen LogP contribution is -2.57. The molecule has 0 atom stereocenters. The number of carbonyl (C=O) groups is 1. The number of carbonyl (C=O) groups excluding carboxylic acids is 1. The Hall–Kier alpha value is -1.19. The molecular weight excluding hydrogens is 405 g/mol. The smallest absolute Gasteiger partial charge is 0.236 e. The largest absolute Gasteiger partial charge is 0.352 e. The van der Waals surface area contributed by atoms with Crippen molar-refractivity contribution in [2.24, 2.45) is 23.7 Å². The van der Waals surface area contributed by atoms with Crippen LogP contribution in [0.3, 0.4) is 0 Å². The fourth-order valence-corrected chi connectivity index (χ4v) is 8.21. The summed E-state index contributed by atoms with van der Waals surface area (Å²) in [5, 5.41) is 3.25. The molecule has 0 aromatic heterocycles. The van der Waals surface area contributed by atoms with Crippen molar-refractivity contribution in [3.05, 3.63) is 35.6 Å². The van der Waals surface area contributed by atoms with Crippen LogP contribution in [0.1, 0.15) is 44.1 Å². The molecule has 1 aromatic rings. The zero-order valence-corrected chi connectivity index (χ0v) is 18.1. The number of hydrogen-bond acceptors (Lipinski definition) is 5. The molecule has 4 saturated carbocycles. The first-order chi connectivity index (χ1) is 14.4. The predicted molar refractivity (Wildman–Crippen MR) is 115 cm³/mol. The molecule has 6 nitrogen and oxygen atoms in total. The molecule has 1 heterocycles. The molecule has 5 aliphatic rings. The lowest BCUT2D eigenvalue weighted by atomic mass is 9.54. The fourth-order valence-electron chi connectivity index (χ4n) is 6.53. The highest BCUT2D eigenvalue weighted by Gasteiger charge is 2.48. The molecule has 1 amide bonds. The first-order valence-corrected chi connectivity index (χ1v) is 12.7. The van der Waals surface area contributed by atoms with Crippen molar-refractivity contribution < 1.29 is 18.3 Å². The van der Waals surface area contributed by atoms with Gasteiger partial charge in [0.15, 0.2) is 0 Å². The zero-order chi connectivity index (χ0) is 20.9. The van der Waals surface area contributed by atoms with E-state index in [4.69, 9.17) is 0 Å². The average molecular weight is 438 g/mol. The number of nitrogens with zero attached hydrogens (tertiary/aromatic N) is 2. The van der Waals surface area contributed by atoms with Crippen LogP contribution in [-0.4, -0.2) is 49.3 Å². The molecule has 0 unspecified atom stereocenters. The Bertz CT molecular complexity index is 780. The van der Waals surface area contributed by atoms with Gasteiger partial charge < -0.3 is 5.32 Å². The van der Waals surface area contributed by atoms with Crippen molar-refractivity contribution in [2.45, 2.75) is 51.1 Å².